The van der Waals surface area contributed by atoms with Gasteiger partial charge in [-0.15, -0.1) is 0 Å². The zero-order chi connectivity index (χ0) is 13.7. The van der Waals surface area contributed by atoms with Crippen LogP contribution in [0.5, 0.6) is 0 Å². The Kier molecular flexibility index (Phi) is 3.55. The van der Waals surface area contributed by atoms with Crippen LogP contribution in [0.15, 0.2) is 26.0 Å². The molecule has 0 saturated heterocycles. The third-order valence-electron chi connectivity index (χ3n) is 3.10. The van der Waals surface area contributed by atoms with Crippen molar-refractivity contribution in [3.05, 3.63) is 21.1 Å². The van der Waals surface area contributed by atoms with Crippen LogP contribution in [-0.2, 0) is 10.0 Å². The fourth-order valence-electron chi connectivity index (χ4n) is 1.75. The minimum Gasteiger partial charge on any atom is -0.399 e. The van der Waals surface area contributed by atoms with Gasteiger partial charge in [0.15, 0.2) is 0 Å². The van der Waals surface area contributed by atoms with Crippen molar-refractivity contribution in [3.8, 4) is 0 Å². The number of rotatable bonds is 3. The molecular weight excluding hydrogens is 384 g/mol. The molecule has 0 amide bonds. The van der Waals surface area contributed by atoms with Crippen LogP contribution in [0.1, 0.15) is 20.3 Å². The van der Waals surface area contributed by atoms with Crippen LogP contribution in [0.2, 0.25) is 0 Å². The van der Waals surface area contributed by atoms with Crippen molar-refractivity contribution in [3.63, 3.8) is 0 Å². The summed E-state index contributed by atoms with van der Waals surface area (Å²) in [7, 11) is -3.55. The molecule has 1 atom stereocenters. The lowest BCUT2D eigenvalue weighted by atomic mass is 10.2. The molecule has 1 fully saturated rings. The number of benzene rings is 1. The van der Waals surface area contributed by atoms with E-state index in [9.17, 15) is 8.42 Å². The molecule has 0 aliphatic heterocycles. The van der Waals surface area contributed by atoms with E-state index in [-0.39, 0.29) is 16.4 Å². The Labute approximate surface area is 124 Å². The average molecular weight is 398 g/mol. The number of nitrogen functional groups attached to an aromatic ring is 1. The lowest BCUT2D eigenvalue weighted by molar-refractivity contribution is 0.554. The van der Waals surface area contributed by atoms with Gasteiger partial charge in [-0.3, -0.25) is 0 Å². The van der Waals surface area contributed by atoms with Crippen LogP contribution < -0.4 is 10.5 Å². The zero-order valence-corrected chi connectivity index (χ0v) is 14.0. The highest BCUT2D eigenvalue weighted by Gasteiger charge is 2.48. The largest absolute Gasteiger partial charge is 0.399 e. The lowest BCUT2D eigenvalue weighted by Gasteiger charge is -2.12. The van der Waals surface area contributed by atoms with Crippen molar-refractivity contribution < 1.29 is 8.42 Å². The standard InChI is InChI=1S/C11H14Br2N2O2S/c1-11(2)5-9(11)15-18(16,17)10-7(12)3-6(14)4-8(10)13/h3-4,9,15H,5,14H2,1-2H3. The molecule has 18 heavy (non-hydrogen) atoms. The Balaban J connectivity index is 2.36. The first-order chi connectivity index (χ1) is 8.13. The number of halogens is 2. The van der Waals surface area contributed by atoms with E-state index in [1.165, 1.54) is 0 Å². The van der Waals surface area contributed by atoms with Crippen LogP contribution in [-0.4, -0.2) is 14.5 Å². The molecule has 4 nitrogen and oxygen atoms in total. The van der Waals surface area contributed by atoms with Gasteiger partial charge in [-0.25, -0.2) is 13.1 Å². The molecule has 1 saturated carbocycles. The second-order valence-electron chi connectivity index (χ2n) is 5.18. The van der Waals surface area contributed by atoms with Crippen LogP contribution in [0, 0.1) is 5.41 Å². The van der Waals surface area contributed by atoms with Gasteiger partial charge in [0.25, 0.3) is 0 Å². The number of hydrogen-bond donors (Lipinski definition) is 2. The Hall–Kier alpha value is -0.110. The van der Waals surface area contributed by atoms with Gasteiger partial charge in [0.2, 0.25) is 10.0 Å². The van der Waals surface area contributed by atoms with E-state index in [1.54, 1.807) is 12.1 Å². The maximum atomic E-state index is 12.3. The second-order valence-corrected chi connectivity index (χ2v) is 8.54. The quantitative estimate of drug-likeness (QED) is 0.770. The molecule has 0 heterocycles. The number of nitrogens with two attached hydrogens (primary N) is 1. The van der Waals surface area contributed by atoms with Crippen LogP contribution in [0.4, 0.5) is 5.69 Å². The van der Waals surface area contributed by atoms with E-state index in [1.807, 2.05) is 13.8 Å². The Morgan fingerprint density at radius 1 is 1.33 bits per heavy atom. The lowest BCUT2D eigenvalue weighted by Crippen LogP contribution is -2.29. The maximum Gasteiger partial charge on any atom is 0.243 e. The molecule has 0 aromatic heterocycles. The highest BCUT2D eigenvalue weighted by Crippen LogP contribution is 2.46. The van der Waals surface area contributed by atoms with E-state index < -0.39 is 10.0 Å². The molecule has 1 aliphatic carbocycles. The Morgan fingerprint density at radius 3 is 2.17 bits per heavy atom. The minimum absolute atomic E-state index is 0.00106. The second kappa shape index (κ2) is 4.47. The van der Waals surface area contributed by atoms with E-state index in [0.717, 1.165) is 6.42 Å². The zero-order valence-electron chi connectivity index (χ0n) is 10.00. The van der Waals surface area contributed by atoms with Gasteiger partial charge < -0.3 is 5.73 Å². The van der Waals surface area contributed by atoms with Crippen LogP contribution in [0.3, 0.4) is 0 Å². The summed E-state index contributed by atoms with van der Waals surface area (Å²) in [4.78, 5) is 0.194. The Morgan fingerprint density at radius 2 is 1.78 bits per heavy atom. The normalized spacial score (nSPS) is 21.9. The van der Waals surface area contributed by atoms with E-state index in [4.69, 9.17) is 5.73 Å². The van der Waals surface area contributed by atoms with Gasteiger partial charge in [-0.2, -0.15) is 0 Å². The number of hydrogen-bond acceptors (Lipinski definition) is 3. The summed E-state index contributed by atoms with van der Waals surface area (Å²) in [5.74, 6) is 0. The molecule has 1 aromatic rings. The number of nitrogens with one attached hydrogen (secondary N) is 1. The van der Waals surface area contributed by atoms with Crippen molar-refractivity contribution in [2.24, 2.45) is 5.41 Å². The van der Waals surface area contributed by atoms with Gasteiger partial charge in [0, 0.05) is 20.7 Å². The molecule has 1 aliphatic rings. The SMILES string of the molecule is CC1(C)CC1NS(=O)(=O)c1c(Br)cc(N)cc1Br. The van der Waals surface area contributed by atoms with Crippen molar-refractivity contribution in [2.75, 3.05) is 5.73 Å². The monoisotopic (exact) mass is 396 g/mol. The summed E-state index contributed by atoms with van der Waals surface area (Å²) in [6.45, 7) is 4.07. The fourth-order valence-corrected chi connectivity index (χ4v) is 5.78. The highest BCUT2D eigenvalue weighted by atomic mass is 79.9. The van der Waals surface area contributed by atoms with Gasteiger partial charge >= 0.3 is 0 Å². The van der Waals surface area contributed by atoms with Gasteiger partial charge in [-0.1, -0.05) is 13.8 Å². The van der Waals surface area contributed by atoms with Crippen molar-refractivity contribution in [1.82, 2.24) is 4.72 Å². The van der Waals surface area contributed by atoms with Crippen LogP contribution >= 0.6 is 31.9 Å². The molecule has 7 heteroatoms. The molecular formula is C11H14Br2N2O2S. The van der Waals surface area contributed by atoms with E-state index in [2.05, 4.69) is 36.6 Å². The summed E-state index contributed by atoms with van der Waals surface area (Å²) in [6.07, 6.45) is 0.858. The number of sulfonamides is 1. The average Bonchev–Trinajstić information content (AvgIpc) is 2.68. The summed E-state index contributed by atoms with van der Waals surface area (Å²) in [5.41, 5.74) is 6.19. The van der Waals surface area contributed by atoms with Gasteiger partial charge in [0.1, 0.15) is 4.90 Å². The van der Waals surface area contributed by atoms with Crippen LogP contribution in [0.25, 0.3) is 0 Å². The molecule has 1 unspecified atom stereocenters. The Bertz CT molecular complexity index is 576. The summed E-state index contributed by atoms with van der Waals surface area (Å²) < 4.78 is 28.2. The van der Waals surface area contributed by atoms with Gasteiger partial charge in [-0.05, 0) is 55.8 Å². The summed E-state index contributed by atoms with van der Waals surface area (Å²) in [6, 6.07) is 3.16. The van der Waals surface area contributed by atoms with Crippen molar-refractivity contribution in [2.45, 2.75) is 31.2 Å². The third-order valence-corrected chi connectivity index (χ3v) is 6.45. The molecule has 100 valence electrons. The first-order valence-corrected chi connectivity index (χ1v) is 8.47. The number of anilines is 1. The van der Waals surface area contributed by atoms with Crippen molar-refractivity contribution >= 4 is 47.6 Å². The predicted molar refractivity (Wildman–Crippen MR) is 78.8 cm³/mol. The topological polar surface area (TPSA) is 72.2 Å². The maximum absolute atomic E-state index is 12.3. The molecule has 0 radical (unpaired) electrons. The van der Waals surface area contributed by atoms with E-state index >= 15 is 0 Å². The molecule has 0 bridgehead atoms. The third kappa shape index (κ3) is 2.74. The summed E-state index contributed by atoms with van der Waals surface area (Å²) in [5, 5.41) is 0. The smallest absolute Gasteiger partial charge is 0.243 e. The highest BCUT2D eigenvalue weighted by molar-refractivity contribution is 9.11. The molecule has 2 rings (SSSR count). The molecule has 3 N–H and O–H groups in total. The first kappa shape index (κ1) is 14.3. The van der Waals surface area contributed by atoms with Gasteiger partial charge in [0.05, 0.1) is 0 Å². The summed E-state index contributed by atoms with van der Waals surface area (Å²) >= 11 is 6.49. The first-order valence-electron chi connectivity index (χ1n) is 5.40. The molecule has 0 spiro atoms. The minimum atomic E-state index is -3.55. The molecule has 1 aromatic carbocycles. The van der Waals surface area contributed by atoms with E-state index in [0.29, 0.717) is 14.6 Å². The van der Waals surface area contributed by atoms with Crippen molar-refractivity contribution in [1.29, 1.82) is 0 Å². The fraction of sp³-hybridized carbons (Fsp3) is 0.455. The predicted octanol–water partition coefficient (Wildman–Crippen LogP) is 2.87.